The van der Waals surface area contributed by atoms with Crippen LogP contribution in [0.1, 0.15) is 10.4 Å². The summed E-state index contributed by atoms with van der Waals surface area (Å²) < 4.78 is 6.83. The number of fused-ring (bicyclic) bond motifs is 1. The Morgan fingerprint density at radius 1 is 1.29 bits per heavy atom. The standard InChI is InChI=1S/C15H10N2O4/c16-15(20)9-2-1-5-17(7-9)12-8-21-13-6-10(18)3-4-11(13)14(12)19/h1-8H,(H2-,16,18,19,20)/p+1. The van der Waals surface area contributed by atoms with Crippen molar-refractivity contribution >= 4 is 16.9 Å². The van der Waals surface area contributed by atoms with E-state index in [0.29, 0.717) is 5.39 Å². The number of rotatable bonds is 2. The van der Waals surface area contributed by atoms with Crippen LogP contribution in [0.15, 0.2) is 58.2 Å². The van der Waals surface area contributed by atoms with Crippen LogP contribution in [0.4, 0.5) is 0 Å². The number of nitrogens with two attached hydrogens (primary N) is 1. The van der Waals surface area contributed by atoms with Gasteiger partial charge in [0.25, 0.3) is 17.0 Å². The third-order valence-corrected chi connectivity index (χ3v) is 3.10. The fourth-order valence-corrected chi connectivity index (χ4v) is 2.06. The molecule has 3 N–H and O–H groups in total. The molecule has 6 nitrogen and oxygen atoms in total. The monoisotopic (exact) mass is 283 g/mol. The van der Waals surface area contributed by atoms with Gasteiger partial charge in [-0.2, -0.15) is 4.57 Å². The van der Waals surface area contributed by atoms with Crippen molar-refractivity contribution in [3.63, 3.8) is 0 Å². The quantitative estimate of drug-likeness (QED) is 0.682. The van der Waals surface area contributed by atoms with Gasteiger partial charge >= 0.3 is 0 Å². The van der Waals surface area contributed by atoms with Gasteiger partial charge in [-0.05, 0) is 18.2 Å². The second kappa shape index (κ2) is 4.75. The van der Waals surface area contributed by atoms with Gasteiger partial charge in [-0.25, -0.2) is 0 Å². The number of aromatic nitrogens is 1. The van der Waals surface area contributed by atoms with E-state index in [1.807, 2.05) is 0 Å². The van der Waals surface area contributed by atoms with Crippen molar-refractivity contribution < 1.29 is 18.9 Å². The van der Waals surface area contributed by atoms with Crippen molar-refractivity contribution in [3.05, 3.63) is 64.8 Å². The van der Waals surface area contributed by atoms with E-state index in [2.05, 4.69) is 0 Å². The van der Waals surface area contributed by atoms with Crippen LogP contribution in [-0.4, -0.2) is 11.0 Å². The zero-order chi connectivity index (χ0) is 15.0. The fourth-order valence-electron chi connectivity index (χ4n) is 2.06. The summed E-state index contributed by atoms with van der Waals surface area (Å²) in [5, 5.41) is 9.72. The first-order chi connectivity index (χ1) is 10.1. The van der Waals surface area contributed by atoms with Crippen molar-refractivity contribution in [3.8, 4) is 11.4 Å². The minimum absolute atomic E-state index is 0.0155. The molecule has 0 fully saturated rings. The smallest absolute Gasteiger partial charge is 0.294 e. The molecule has 0 saturated heterocycles. The summed E-state index contributed by atoms with van der Waals surface area (Å²) in [6.45, 7) is 0. The van der Waals surface area contributed by atoms with Crippen LogP contribution in [-0.2, 0) is 0 Å². The van der Waals surface area contributed by atoms with Crippen molar-refractivity contribution in [2.24, 2.45) is 5.73 Å². The van der Waals surface area contributed by atoms with Gasteiger partial charge < -0.3 is 15.3 Å². The number of hydrogen-bond donors (Lipinski definition) is 2. The lowest BCUT2D eigenvalue weighted by Gasteiger charge is -2.00. The number of nitrogens with zero attached hydrogens (tertiary/aromatic N) is 1. The molecule has 1 amide bonds. The predicted molar refractivity (Wildman–Crippen MR) is 74.2 cm³/mol. The fraction of sp³-hybridized carbons (Fsp3) is 0. The van der Waals surface area contributed by atoms with Gasteiger partial charge in [0, 0.05) is 12.1 Å². The number of carbonyl (C=O) groups is 1. The Morgan fingerprint density at radius 2 is 2.10 bits per heavy atom. The molecule has 2 aromatic heterocycles. The zero-order valence-electron chi connectivity index (χ0n) is 10.8. The lowest BCUT2D eigenvalue weighted by atomic mass is 10.2. The first kappa shape index (κ1) is 12.9. The van der Waals surface area contributed by atoms with Crippen molar-refractivity contribution in [1.29, 1.82) is 0 Å². The van der Waals surface area contributed by atoms with Crippen LogP contribution >= 0.6 is 0 Å². The molecule has 0 aliphatic carbocycles. The van der Waals surface area contributed by atoms with Gasteiger partial charge in [0.05, 0.1) is 5.39 Å². The highest BCUT2D eigenvalue weighted by atomic mass is 16.3. The molecule has 0 radical (unpaired) electrons. The Balaban J connectivity index is 2.24. The molecule has 0 saturated carbocycles. The van der Waals surface area contributed by atoms with Gasteiger partial charge in [-0.15, -0.1) is 0 Å². The second-order valence-corrected chi connectivity index (χ2v) is 4.49. The maximum Gasteiger partial charge on any atom is 0.294 e. The predicted octanol–water partition coefficient (Wildman–Crippen LogP) is 0.874. The Morgan fingerprint density at radius 3 is 2.86 bits per heavy atom. The lowest BCUT2D eigenvalue weighted by molar-refractivity contribution is -0.597. The maximum atomic E-state index is 12.4. The summed E-state index contributed by atoms with van der Waals surface area (Å²) in [6, 6.07) is 7.43. The number of carbonyl (C=O) groups excluding carboxylic acids is 1. The van der Waals surface area contributed by atoms with Crippen molar-refractivity contribution in [2.45, 2.75) is 0 Å². The number of primary amides is 1. The normalized spacial score (nSPS) is 10.7. The molecule has 6 heteroatoms. The molecule has 0 bridgehead atoms. The van der Waals surface area contributed by atoms with Crippen LogP contribution in [0.5, 0.6) is 5.75 Å². The van der Waals surface area contributed by atoms with Crippen LogP contribution < -0.4 is 15.7 Å². The molecule has 1 aromatic carbocycles. The molecule has 21 heavy (non-hydrogen) atoms. The summed E-state index contributed by atoms with van der Waals surface area (Å²) in [7, 11) is 0. The molecule has 0 aliphatic rings. The van der Waals surface area contributed by atoms with E-state index < -0.39 is 5.91 Å². The van der Waals surface area contributed by atoms with Gasteiger partial charge in [0.1, 0.15) is 16.9 Å². The third-order valence-electron chi connectivity index (χ3n) is 3.10. The summed E-state index contributed by atoms with van der Waals surface area (Å²) >= 11 is 0. The molecule has 3 rings (SSSR count). The molecule has 0 aliphatic heterocycles. The van der Waals surface area contributed by atoms with Crippen LogP contribution in [0.3, 0.4) is 0 Å². The molecule has 0 spiro atoms. The van der Waals surface area contributed by atoms with E-state index in [1.54, 1.807) is 18.3 Å². The summed E-state index contributed by atoms with van der Waals surface area (Å²) in [5.74, 6) is -0.568. The highest BCUT2D eigenvalue weighted by molar-refractivity contribution is 5.92. The Bertz CT molecular complexity index is 915. The van der Waals surface area contributed by atoms with E-state index in [0.717, 1.165) is 0 Å². The van der Waals surface area contributed by atoms with Crippen LogP contribution in [0, 0.1) is 0 Å². The van der Waals surface area contributed by atoms with E-state index in [9.17, 15) is 14.7 Å². The van der Waals surface area contributed by atoms with Crippen LogP contribution in [0.2, 0.25) is 0 Å². The average Bonchev–Trinajstić information content (AvgIpc) is 2.47. The van der Waals surface area contributed by atoms with E-state index in [4.69, 9.17) is 10.2 Å². The van der Waals surface area contributed by atoms with Gasteiger partial charge in [-0.1, -0.05) is 0 Å². The summed E-state index contributed by atoms with van der Waals surface area (Å²) in [4.78, 5) is 23.6. The molecule has 104 valence electrons. The highest BCUT2D eigenvalue weighted by Crippen LogP contribution is 2.17. The van der Waals surface area contributed by atoms with Crippen molar-refractivity contribution in [2.75, 3.05) is 0 Å². The molecule has 0 atom stereocenters. The minimum atomic E-state index is -0.584. The van der Waals surface area contributed by atoms with E-state index in [1.165, 1.54) is 35.2 Å². The van der Waals surface area contributed by atoms with E-state index >= 15 is 0 Å². The minimum Gasteiger partial charge on any atom is -0.508 e. The lowest BCUT2D eigenvalue weighted by Crippen LogP contribution is -2.37. The molecule has 0 unspecified atom stereocenters. The second-order valence-electron chi connectivity index (χ2n) is 4.49. The molecule has 2 heterocycles. The Labute approximate surface area is 118 Å². The number of pyridine rings is 1. The van der Waals surface area contributed by atoms with Crippen LogP contribution in [0.25, 0.3) is 16.7 Å². The number of benzene rings is 1. The summed E-state index contributed by atoms with van der Waals surface area (Å²) in [6.07, 6.45) is 4.35. The number of hydrogen-bond acceptors (Lipinski definition) is 4. The number of amides is 1. The zero-order valence-corrected chi connectivity index (χ0v) is 10.8. The van der Waals surface area contributed by atoms with E-state index in [-0.39, 0.29) is 28.0 Å². The summed E-state index contributed by atoms with van der Waals surface area (Å²) in [5.41, 5.74) is 5.76. The number of phenolic OH excluding ortho intramolecular Hbond substituents is 1. The molecule has 3 aromatic rings. The van der Waals surface area contributed by atoms with Gasteiger partial charge in [0.2, 0.25) is 0 Å². The van der Waals surface area contributed by atoms with Gasteiger partial charge in [0.15, 0.2) is 18.7 Å². The first-order valence-corrected chi connectivity index (χ1v) is 6.12. The van der Waals surface area contributed by atoms with Crippen molar-refractivity contribution in [1.82, 2.24) is 0 Å². The Kier molecular flexibility index (Phi) is 2.91. The Hall–Kier alpha value is -3.15. The van der Waals surface area contributed by atoms with Gasteiger partial charge in [-0.3, -0.25) is 9.59 Å². The SMILES string of the molecule is NC(=O)c1ccc[n+](-c2coc3cc(O)ccc3c2=O)c1. The topological polar surface area (TPSA) is 97.4 Å². The highest BCUT2D eigenvalue weighted by Gasteiger charge is 2.17. The first-order valence-electron chi connectivity index (χ1n) is 6.12. The average molecular weight is 283 g/mol. The third kappa shape index (κ3) is 2.23. The number of phenols is 1. The largest absolute Gasteiger partial charge is 0.508 e. The number of aromatic hydroxyl groups is 1. The maximum absolute atomic E-state index is 12.4. The molecular weight excluding hydrogens is 272 g/mol. The molecular formula is C15H11N2O4+.